The van der Waals surface area contributed by atoms with E-state index in [1.165, 1.54) is 7.11 Å². The van der Waals surface area contributed by atoms with Gasteiger partial charge in [0.25, 0.3) is 11.6 Å². The van der Waals surface area contributed by atoms with Crippen molar-refractivity contribution in [3.63, 3.8) is 0 Å². The molecule has 0 aromatic heterocycles. The third kappa shape index (κ3) is 3.03. The van der Waals surface area contributed by atoms with E-state index in [2.05, 4.69) is 12.6 Å². The lowest BCUT2D eigenvalue weighted by Crippen LogP contribution is -2.70. The van der Waals surface area contributed by atoms with Gasteiger partial charge in [0.2, 0.25) is 11.9 Å². The number of ketones is 1. The Labute approximate surface area is 236 Å². The van der Waals surface area contributed by atoms with Gasteiger partial charge in [-0.1, -0.05) is 0 Å². The monoisotopic (exact) mass is 598 g/mol. The first kappa shape index (κ1) is 26.3. The Morgan fingerprint density at radius 1 is 1.20 bits per heavy atom. The van der Waals surface area contributed by atoms with E-state index in [9.17, 15) is 23.1 Å². The second-order valence-electron chi connectivity index (χ2n) is 10.9. The molecular weight excluding hydrogens is 573 g/mol. The number of hydrogen-bond donors (Lipinski definition) is 2. The molecule has 10 nitrogen and oxygen atoms in total. The predicted molar refractivity (Wildman–Crippen MR) is 133 cm³/mol. The molecular formula is C27H25F3O10S. The number of phenolic OH excluding ortho intramolecular Hbond substituents is 1. The fourth-order valence-electron chi connectivity index (χ4n) is 7.33. The van der Waals surface area contributed by atoms with Crippen molar-refractivity contribution in [2.24, 2.45) is 0 Å². The van der Waals surface area contributed by atoms with Gasteiger partial charge >= 0.3 is 6.18 Å². The Bertz CT molecular complexity index is 1500. The van der Waals surface area contributed by atoms with Gasteiger partial charge in [0.15, 0.2) is 11.9 Å². The first-order valence-electron chi connectivity index (χ1n) is 13.3. The van der Waals surface area contributed by atoms with Crippen LogP contribution in [0.15, 0.2) is 6.07 Å². The van der Waals surface area contributed by atoms with Crippen LogP contribution >= 0.6 is 12.6 Å². The lowest BCUT2D eigenvalue weighted by molar-refractivity contribution is -0.339. The van der Waals surface area contributed by atoms with Crippen molar-refractivity contribution in [3.05, 3.63) is 28.3 Å². The average Bonchev–Trinajstić information content (AvgIpc) is 3.29. The van der Waals surface area contributed by atoms with E-state index >= 15 is 0 Å². The Morgan fingerprint density at radius 2 is 1.95 bits per heavy atom. The summed E-state index contributed by atoms with van der Waals surface area (Å²) < 4.78 is 93.0. The molecule has 8 rings (SSSR count). The van der Waals surface area contributed by atoms with Crippen LogP contribution in [0.5, 0.6) is 17.2 Å². The number of methoxy groups -OCH3 is 1. The van der Waals surface area contributed by atoms with Crippen molar-refractivity contribution in [1.29, 1.82) is 0 Å². The van der Waals surface area contributed by atoms with Gasteiger partial charge in [-0.25, -0.2) is 0 Å². The SMILES string of the molecule is COc1c2c(c(O)c3c4c(c(C(F)(F)F)cc13)C1OC3(C5OCCO5)OC1[C@@](OCCS)(O4)[C@@]31CO1)C(=O)CCC2. The molecule has 1 N–H and O–H groups in total. The highest BCUT2D eigenvalue weighted by Crippen LogP contribution is 2.72. The van der Waals surface area contributed by atoms with Crippen molar-refractivity contribution in [1.82, 2.24) is 0 Å². The summed E-state index contributed by atoms with van der Waals surface area (Å²) in [6, 6.07) is 0.908. The van der Waals surface area contributed by atoms with Gasteiger partial charge in [0.1, 0.15) is 23.4 Å². The lowest BCUT2D eigenvalue weighted by atomic mass is 9.78. The second kappa shape index (κ2) is 8.40. The van der Waals surface area contributed by atoms with Crippen molar-refractivity contribution in [3.8, 4) is 17.2 Å². The molecule has 1 spiro atoms. The molecule has 3 unspecified atom stereocenters. The topological polar surface area (TPSA) is 114 Å². The van der Waals surface area contributed by atoms with Crippen LogP contribution in [0.2, 0.25) is 0 Å². The smallest absolute Gasteiger partial charge is 0.416 e. The number of ether oxygens (including phenoxy) is 8. The molecule has 0 saturated carbocycles. The van der Waals surface area contributed by atoms with Gasteiger partial charge in [-0.05, 0) is 18.9 Å². The van der Waals surface area contributed by atoms with Crippen molar-refractivity contribution in [2.45, 2.75) is 61.1 Å². The fraction of sp³-hybridized carbons (Fsp3) is 0.593. The largest absolute Gasteiger partial charge is 0.506 e. The molecule has 2 bridgehead atoms. The maximum Gasteiger partial charge on any atom is 0.416 e. The predicted octanol–water partition coefficient (Wildman–Crippen LogP) is 3.44. The normalized spacial score (nSPS) is 35.2. The molecule has 5 atom stereocenters. The number of aromatic hydroxyl groups is 1. The molecule has 5 aliphatic heterocycles. The molecule has 1 aliphatic carbocycles. The van der Waals surface area contributed by atoms with Gasteiger partial charge < -0.3 is 43.0 Å². The number of Topliss-reactive ketones (excluding diaryl/α,β-unsaturated/α-hetero) is 1. The zero-order valence-corrected chi connectivity index (χ0v) is 22.6. The zero-order valence-electron chi connectivity index (χ0n) is 21.7. The van der Waals surface area contributed by atoms with Crippen LogP contribution in [0.1, 0.15) is 46.0 Å². The van der Waals surface area contributed by atoms with Gasteiger partial charge in [0.05, 0.1) is 50.1 Å². The van der Waals surface area contributed by atoms with Crippen LogP contribution in [-0.2, 0) is 41.0 Å². The molecule has 2 aromatic rings. The highest BCUT2D eigenvalue weighted by Gasteiger charge is 2.94. The van der Waals surface area contributed by atoms with Gasteiger partial charge in [0, 0.05) is 28.7 Å². The Hall–Kier alpha value is -2.33. The first-order valence-corrected chi connectivity index (χ1v) is 14.0. The fourth-order valence-corrected chi connectivity index (χ4v) is 7.42. The number of epoxide rings is 1. The summed E-state index contributed by atoms with van der Waals surface area (Å²) in [5.41, 5.74) is -2.54. The number of halogens is 3. The third-order valence-corrected chi connectivity index (χ3v) is 9.11. The van der Waals surface area contributed by atoms with Crippen molar-refractivity contribution in [2.75, 3.05) is 39.3 Å². The molecule has 14 heteroatoms. The van der Waals surface area contributed by atoms with E-state index in [0.717, 1.165) is 6.07 Å². The van der Waals surface area contributed by atoms with Crippen molar-refractivity contribution >= 4 is 29.2 Å². The van der Waals surface area contributed by atoms with E-state index in [0.29, 0.717) is 18.4 Å². The highest BCUT2D eigenvalue weighted by atomic mass is 32.1. The Kier molecular flexibility index (Phi) is 5.39. The molecule has 0 amide bonds. The molecule has 41 heavy (non-hydrogen) atoms. The number of hydrogen-bond acceptors (Lipinski definition) is 11. The third-order valence-electron chi connectivity index (χ3n) is 8.92. The number of fused-ring (bicyclic) bond motifs is 8. The van der Waals surface area contributed by atoms with Crippen LogP contribution < -0.4 is 9.47 Å². The molecule has 220 valence electrons. The molecule has 4 saturated heterocycles. The summed E-state index contributed by atoms with van der Waals surface area (Å²) in [7, 11) is 1.31. The molecule has 6 aliphatic rings. The minimum absolute atomic E-state index is 0.00953. The second-order valence-corrected chi connectivity index (χ2v) is 11.3. The number of alkyl halides is 3. The highest BCUT2D eigenvalue weighted by molar-refractivity contribution is 7.80. The quantitative estimate of drug-likeness (QED) is 0.392. The molecule has 4 fully saturated rings. The van der Waals surface area contributed by atoms with Gasteiger partial charge in [-0.3, -0.25) is 4.79 Å². The average molecular weight is 599 g/mol. The summed E-state index contributed by atoms with van der Waals surface area (Å²) in [5, 5.41) is 11.4. The van der Waals surface area contributed by atoms with Gasteiger partial charge in [-0.2, -0.15) is 25.8 Å². The molecule has 5 heterocycles. The summed E-state index contributed by atoms with van der Waals surface area (Å²) in [4.78, 5) is 13.0. The van der Waals surface area contributed by atoms with Crippen LogP contribution in [0.25, 0.3) is 10.8 Å². The lowest BCUT2D eigenvalue weighted by Gasteiger charge is -2.49. The van der Waals surface area contributed by atoms with E-state index in [1.807, 2.05) is 0 Å². The standard InChI is InChI=1S/C27H25F3O10S/c1-33-19-11-3-2-4-14(31)15(11)18(32)16-12(19)9-13(27(28,29)30)17-20(16)38-25(36-7-8-41)22-21(17)39-26(40-22,24(25)10-37-24)23-34-5-6-35-23/h9,21-23,32,41H,2-8,10H2,1H3/t21?,22?,24-,25+,26?/m0/s1. The van der Waals surface area contributed by atoms with E-state index in [1.54, 1.807) is 0 Å². The first-order chi connectivity index (χ1) is 19.6. The summed E-state index contributed by atoms with van der Waals surface area (Å²) in [5.74, 6) is -4.43. The summed E-state index contributed by atoms with van der Waals surface area (Å²) in [6.07, 6.45) is -7.57. The maximum absolute atomic E-state index is 14.8. The van der Waals surface area contributed by atoms with Gasteiger partial charge in [-0.15, -0.1) is 0 Å². The summed E-state index contributed by atoms with van der Waals surface area (Å²) >= 11 is 4.26. The summed E-state index contributed by atoms with van der Waals surface area (Å²) in [6.45, 7) is 0.482. The number of carbonyl (C=O) groups excluding carboxylic acids is 1. The number of benzene rings is 2. The minimum Gasteiger partial charge on any atom is -0.506 e. The van der Waals surface area contributed by atoms with E-state index in [-0.39, 0.29) is 72.2 Å². The van der Waals surface area contributed by atoms with Crippen LogP contribution in [-0.4, -0.2) is 79.7 Å². The van der Waals surface area contributed by atoms with Crippen LogP contribution in [0.3, 0.4) is 0 Å². The minimum atomic E-state index is -4.87. The van der Waals surface area contributed by atoms with E-state index < -0.39 is 58.7 Å². The van der Waals surface area contributed by atoms with Crippen molar-refractivity contribution < 1.29 is 61.0 Å². The Balaban J connectivity index is 1.46. The number of thiol groups is 1. The van der Waals surface area contributed by atoms with Crippen LogP contribution in [0, 0.1) is 0 Å². The maximum atomic E-state index is 14.8. The van der Waals surface area contributed by atoms with E-state index in [4.69, 9.17) is 37.9 Å². The zero-order chi connectivity index (χ0) is 28.5. The number of carbonyl (C=O) groups is 1. The van der Waals surface area contributed by atoms with Crippen LogP contribution in [0.4, 0.5) is 13.2 Å². The molecule has 0 radical (unpaired) electrons. The number of phenols is 1. The molecule has 2 aromatic carbocycles. The number of rotatable bonds is 5. The Morgan fingerprint density at radius 3 is 2.61 bits per heavy atom.